The summed E-state index contributed by atoms with van der Waals surface area (Å²) in [4.78, 5) is 11.8. The van der Waals surface area contributed by atoms with E-state index in [1.54, 1.807) is 7.11 Å². The summed E-state index contributed by atoms with van der Waals surface area (Å²) in [6, 6.07) is 17.0. The van der Waals surface area contributed by atoms with Crippen molar-refractivity contribution in [1.82, 2.24) is 5.32 Å². The van der Waals surface area contributed by atoms with Crippen LogP contribution in [0.15, 0.2) is 54.6 Å². The number of para-hydroxylation sites is 1. The van der Waals surface area contributed by atoms with Gasteiger partial charge in [-0.1, -0.05) is 42.5 Å². The van der Waals surface area contributed by atoms with Gasteiger partial charge in [-0.3, -0.25) is 0 Å². The van der Waals surface area contributed by atoms with Crippen LogP contribution in [0.2, 0.25) is 0 Å². The standard InChI is InChI=1S/C16H18N2O2/c1-20-12-14-8-6-5-7-13(14)11-17-16(19)18-15-9-3-2-4-10-15/h2-10H,11-12H2,1H3,(H2,17,18,19). The minimum absolute atomic E-state index is 0.219. The molecule has 0 spiro atoms. The molecule has 0 saturated heterocycles. The van der Waals surface area contributed by atoms with Crippen molar-refractivity contribution in [3.8, 4) is 0 Å². The smallest absolute Gasteiger partial charge is 0.319 e. The molecular weight excluding hydrogens is 252 g/mol. The lowest BCUT2D eigenvalue weighted by molar-refractivity contribution is 0.184. The Kier molecular flexibility index (Phi) is 5.15. The Morgan fingerprint density at radius 3 is 2.35 bits per heavy atom. The molecule has 2 aromatic carbocycles. The molecule has 0 unspecified atom stereocenters. The Balaban J connectivity index is 1.90. The first-order chi connectivity index (χ1) is 9.79. The molecule has 104 valence electrons. The van der Waals surface area contributed by atoms with Gasteiger partial charge in [0.05, 0.1) is 6.61 Å². The van der Waals surface area contributed by atoms with Crippen molar-refractivity contribution in [3.05, 3.63) is 65.7 Å². The average Bonchev–Trinajstić information content (AvgIpc) is 2.48. The van der Waals surface area contributed by atoms with Crippen molar-refractivity contribution in [3.63, 3.8) is 0 Å². The molecule has 2 amide bonds. The van der Waals surface area contributed by atoms with E-state index in [9.17, 15) is 4.79 Å². The number of hydrogen-bond acceptors (Lipinski definition) is 2. The normalized spacial score (nSPS) is 10.1. The van der Waals surface area contributed by atoms with Crippen molar-refractivity contribution in [2.45, 2.75) is 13.2 Å². The van der Waals surface area contributed by atoms with Gasteiger partial charge in [0, 0.05) is 19.3 Å². The van der Waals surface area contributed by atoms with Gasteiger partial charge in [0.1, 0.15) is 0 Å². The molecule has 0 aliphatic rings. The van der Waals surface area contributed by atoms with Crippen LogP contribution in [0.25, 0.3) is 0 Å². The predicted molar refractivity (Wildman–Crippen MR) is 79.5 cm³/mol. The molecule has 0 radical (unpaired) electrons. The summed E-state index contributed by atoms with van der Waals surface area (Å²) in [6.07, 6.45) is 0. The van der Waals surface area contributed by atoms with Crippen molar-refractivity contribution in [2.24, 2.45) is 0 Å². The molecule has 4 heteroatoms. The Morgan fingerprint density at radius 1 is 1.00 bits per heavy atom. The van der Waals surface area contributed by atoms with Crippen molar-refractivity contribution < 1.29 is 9.53 Å². The van der Waals surface area contributed by atoms with Gasteiger partial charge in [-0.15, -0.1) is 0 Å². The minimum Gasteiger partial charge on any atom is -0.380 e. The molecule has 20 heavy (non-hydrogen) atoms. The summed E-state index contributed by atoms with van der Waals surface area (Å²) in [5.74, 6) is 0. The first-order valence-electron chi connectivity index (χ1n) is 6.45. The number of ether oxygens (including phenoxy) is 1. The van der Waals surface area contributed by atoms with E-state index >= 15 is 0 Å². The van der Waals surface area contributed by atoms with Crippen LogP contribution in [0, 0.1) is 0 Å². The van der Waals surface area contributed by atoms with Crippen LogP contribution in [-0.4, -0.2) is 13.1 Å². The van der Waals surface area contributed by atoms with Crippen LogP contribution < -0.4 is 10.6 Å². The average molecular weight is 270 g/mol. The van der Waals surface area contributed by atoms with Gasteiger partial charge in [-0.2, -0.15) is 0 Å². The second-order valence-electron chi connectivity index (χ2n) is 4.38. The Labute approximate surface area is 118 Å². The molecule has 0 atom stereocenters. The van der Waals surface area contributed by atoms with E-state index in [4.69, 9.17) is 4.74 Å². The molecule has 0 aliphatic heterocycles. The highest BCUT2D eigenvalue weighted by Crippen LogP contribution is 2.10. The SMILES string of the molecule is COCc1ccccc1CNC(=O)Nc1ccccc1. The maximum absolute atomic E-state index is 11.8. The number of methoxy groups -OCH3 is 1. The highest BCUT2D eigenvalue weighted by atomic mass is 16.5. The number of amides is 2. The number of hydrogen-bond donors (Lipinski definition) is 2. The van der Waals surface area contributed by atoms with Gasteiger partial charge < -0.3 is 15.4 Å². The first-order valence-corrected chi connectivity index (χ1v) is 6.45. The fourth-order valence-corrected chi connectivity index (χ4v) is 1.90. The van der Waals surface area contributed by atoms with E-state index in [1.807, 2.05) is 54.6 Å². The summed E-state index contributed by atoms with van der Waals surface area (Å²) in [7, 11) is 1.66. The molecule has 0 heterocycles. The third-order valence-electron chi connectivity index (χ3n) is 2.89. The quantitative estimate of drug-likeness (QED) is 0.876. The summed E-state index contributed by atoms with van der Waals surface area (Å²) in [5, 5.41) is 5.62. The number of rotatable bonds is 5. The second kappa shape index (κ2) is 7.31. The topological polar surface area (TPSA) is 50.4 Å². The zero-order valence-corrected chi connectivity index (χ0v) is 11.4. The van der Waals surface area contributed by atoms with E-state index in [0.29, 0.717) is 13.2 Å². The molecule has 4 nitrogen and oxygen atoms in total. The molecule has 0 fully saturated rings. The van der Waals surface area contributed by atoms with Gasteiger partial charge in [-0.25, -0.2) is 4.79 Å². The van der Waals surface area contributed by atoms with E-state index in [1.165, 1.54) is 0 Å². The Morgan fingerprint density at radius 2 is 1.65 bits per heavy atom. The minimum atomic E-state index is -0.219. The molecule has 0 aliphatic carbocycles. The maximum Gasteiger partial charge on any atom is 0.319 e. The van der Waals surface area contributed by atoms with E-state index in [-0.39, 0.29) is 6.03 Å². The van der Waals surface area contributed by atoms with Gasteiger partial charge in [0.15, 0.2) is 0 Å². The summed E-state index contributed by atoms with van der Waals surface area (Å²) in [6.45, 7) is 1.01. The van der Waals surface area contributed by atoms with Crippen LogP contribution in [0.1, 0.15) is 11.1 Å². The highest BCUT2D eigenvalue weighted by molar-refractivity contribution is 5.89. The van der Waals surface area contributed by atoms with E-state index in [2.05, 4.69) is 10.6 Å². The number of benzene rings is 2. The fraction of sp³-hybridized carbons (Fsp3) is 0.188. The summed E-state index contributed by atoms with van der Waals surface area (Å²) < 4.78 is 5.14. The van der Waals surface area contributed by atoms with E-state index in [0.717, 1.165) is 16.8 Å². The molecule has 2 rings (SSSR count). The van der Waals surface area contributed by atoms with Gasteiger partial charge >= 0.3 is 6.03 Å². The third kappa shape index (κ3) is 4.10. The van der Waals surface area contributed by atoms with Crippen molar-refractivity contribution in [2.75, 3.05) is 12.4 Å². The van der Waals surface area contributed by atoms with Crippen LogP contribution in [0.5, 0.6) is 0 Å². The molecule has 2 aromatic rings. The molecule has 0 bridgehead atoms. The number of carbonyl (C=O) groups is 1. The molecular formula is C16H18N2O2. The molecule has 0 saturated carbocycles. The lowest BCUT2D eigenvalue weighted by Gasteiger charge is -2.11. The van der Waals surface area contributed by atoms with Gasteiger partial charge in [0.2, 0.25) is 0 Å². The zero-order chi connectivity index (χ0) is 14.2. The first kappa shape index (κ1) is 14.1. The van der Waals surface area contributed by atoms with Crippen molar-refractivity contribution >= 4 is 11.7 Å². The molecule has 2 N–H and O–H groups in total. The maximum atomic E-state index is 11.8. The largest absolute Gasteiger partial charge is 0.380 e. The Bertz CT molecular complexity index is 555. The number of anilines is 1. The van der Waals surface area contributed by atoms with Crippen LogP contribution in [-0.2, 0) is 17.9 Å². The van der Waals surface area contributed by atoms with Crippen LogP contribution in [0.4, 0.5) is 10.5 Å². The highest BCUT2D eigenvalue weighted by Gasteiger charge is 2.04. The van der Waals surface area contributed by atoms with Crippen LogP contribution in [0.3, 0.4) is 0 Å². The van der Waals surface area contributed by atoms with Gasteiger partial charge in [0.25, 0.3) is 0 Å². The lowest BCUT2D eigenvalue weighted by atomic mass is 10.1. The number of carbonyl (C=O) groups excluding carboxylic acids is 1. The second-order valence-corrected chi connectivity index (χ2v) is 4.38. The van der Waals surface area contributed by atoms with Crippen LogP contribution >= 0.6 is 0 Å². The third-order valence-corrected chi connectivity index (χ3v) is 2.89. The van der Waals surface area contributed by atoms with E-state index < -0.39 is 0 Å². The fourth-order valence-electron chi connectivity index (χ4n) is 1.90. The number of nitrogens with one attached hydrogen (secondary N) is 2. The van der Waals surface area contributed by atoms with Gasteiger partial charge in [-0.05, 0) is 23.3 Å². The monoisotopic (exact) mass is 270 g/mol. The number of urea groups is 1. The van der Waals surface area contributed by atoms with Crippen molar-refractivity contribution in [1.29, 1.82) is 0 Å². The summed E-state index contributed by atoms with van der Waals surface area (Å²) >= 11 is 0. The summed E-state index contributed by atoms with van der Waals surface area (Å²) in [5.41, 5.74) is 2.91. The zero-order valence-electron chi connectivity index (χ0n) is 11.4. The lowest BCUT2D eigenvalue weighted by Crippen LogP contribution is -2.28. The predicted octanol–water partition coefficient (Wildman–Crippen LogP) is 3.15. The molecule has 0 aromatic heterocycles. The Hall–Kier alpha value is -2.33.